The summed E-state index contributed by atoms with van der Waals surface area (Å²) < 4.78 is 64.5. The first-order valence-corrected chi connectivity index (χ1v) is 10.5. The van der Waals surface area contributed by atoms with Gasteiger partial charge in [-0.05, 0) is 48.6 Å². The van der Waals surface area contributed by atoms with E-state index >= 15 is 0 Å². The molecule has 3 rings (SSSR count). The Morgan fingerprint density at radius 1 is 1.19 bits per heavy atom. The SMILES string of the molecule is O=C(Nc1ccc(C(F)(F)F)cc1)[C@@H]1CCCN(S(=O)(=O)c2cccs2)C1. The Labute approximate surface area is 158 Å². The van der Waals surface area contributed by atoms with E-state index in [1.54, 1.807) is 11.4 Å². The van der Waals surface area contributed by atoms with Crippen molar-refractivity contribution in [1.82, 2.24) is 4.31 Å². The second-order valence-electron chi connectivity index (χ2n) is 6.20. The Hall–Kier alpha value is -1.91. The van der Waals surface area contributed by atoms with Crippen LogP contribution in [-0.2, 0) is 21.0 Å². The molecule has 1 aromatic heterocycles. The van der Waals surface area contributed by atoms with E-state index in [1.165, 1.54) is 22.5 Å². The summed E-state index contributed by atoms with van der Waals surface area (Å²) in [6.45, 7) is 0.386. The zero-order chi connectivity index (χ0) is 19.7. The molecule has 1 aromatic carbocycles. The lowest BCUT2D eigenvalue weighted by Gasteiger charge is -2.30. The predicted molar refractivity (Wildman–Crippen MR) is 95.9 cm³/mol. The molecule has 146 valence electrons. The normalized spacial score (nSPS) is 19.0. The summed E-state index contributed by atoms with van der Waals surface area (Å²) in [5.74, 6) is -0.961. The van der Waals surface area contributed by atoms with Gasteiger partial charge in [0.15, 0.2) is 0 Å². The average molecular weight is 418 g/mol. The van der Waals surface area contributed by atoms with Gasteiger partial charge in [0.2, 0.25) is 5.91 Å². The molecule has 1 amide bonds. The minimum absolute atomic E-state index is 0.0483. The molecule has 1 aliphatic rings. The van der Waals surface area contributed by atoms with Crippen LogP contribution < -0.4 is 5.32 Å². The maximum Gasteiger partial charge on any atom is 0.416 e. The number of thiophene rings is 1. The van der Waals surface area contributed by atoms with Gasteiger partial charge in [0, 0.05) is 18.8 Å². The third-order valence-corrected chi connectivity index (χ3v) is 7.56. The lowest BCUT2D eigenvalue weighted by Crippen LogP contribution is -2.43. The van der Waals surface area contributed by atoms with Crippen LogP contribution in [0.5, 0.6) is 0 Å². The third kappa shape index (κ3) is 4.50. The molecule has 0 bridgehead atoms. The number of carbonyl (C=O) groups excluding carboxylic acids is 1. The van der Waals surface area contributed by atoms with E-state index in [4.69, 9.17) is 0 Å². The molecule has 1 atom stereocenters. The van der Waals surface area contributed by atoms with Crippen molar-refractivity contribution >= 4 is 33.0 Å². The quantitative estimate of drug-likeness (QED) is 0.821. The molecule has 0 aliphatic carbocycles. The van der Waals surface area contributed by atoms with E-state index in [0.29, 0.717) is 19.4 Å². The van der Waals surface area contributed by atoms with E-state index < -0.39 is 33.6 Å². The van der Waals surface area contributed by atoms with Crippen LogP contribution in [0.4, 0.5) is 18.9 Å². The lowest BCUT2D eigenvalue weighted by molar-refractivity contribution is -0.137. The van der Waals surface area contributed by atoms with Crippen molar-refractivity contribution < 1.29 is 26.4 Å². The van der Waals surface area contributed by atoms with Gasteiger partial charge >= 0.3 is 6.18 Å². The summed E-state index contributed by atoms with van der Waals surface area (Å²) in [6, 6.07) is 7.32. The topological polar surface area (TPSA) is 66.5 Å². The molecule has 0 unspecified atom stereocenters. The lowest BCUT2D eigenvalue weighted by atomic mass is 9.98. The fraction of sp³-hybridized carbons (Fsp3) is 0.353. The number of hydrogen-bond acceptors (Lipinski definition) is 4. The molecular formula is C17H17F3N2O3S2. The number of sulfonamides is 1. The van der Waals surface area contributed by atoms with Gasteiger partial charge in [-0.1, -0.05) is 6.07 Å². The largest absolute Gasteiger partial charge is 0.416 e. The monoisotopic (exact) mass is 418 g/mol. The van der Waals surface area contributed by atoms with Gasteiger partial charge < -0.3 is 5.32 Å². The van der Waals surface area contributed by atoms with E-state index in [9.17, 15) is 26.4 Å². The van der Waals surface area contributed by atoms with Crippen LogP contribution in [0.1, 0.15) is 18.4 Å². The molecular weight excluding hydrogens is 401 g/mol. The number of hydrogen-bond donors (Lipinski definition) is 1. The van der Waals surface area contributed by atoms with Gasteiger partial charge in [0.25, 0.3) is 10.0 Å². The van der Waals surface area contributed by atoms with Crippen molar-refractivity contribution in [1.29, 1.82) is 0 Å². The first-order chi connectivity index (χ1) is 12.7. The standard InChI is InChI=1S/C17H17F3N2O3S2/c18-17(19,20)13-5-7-14(8-6-13)21-16(23)12-3-1-9-22(11-12)27(24,25)15-4-2-10-26-15/h2,4-8,10,12H,1,3,9,11H2,(H,21,23)/t12-/m1/s1. The van der Waals surface area contributed by atoms with E-state index in [2.05, 4.69) is 5.32 Å². The fourth-order valence-corrected chi connectivity index (χ4v) is 5.57. The molecule has 0 spiro atoms. The van der Waals surface area contributed by atoms with Crippen molar-refractivity contribution in [2.75, 3.05) is 18.4 Å². The molecule has 27 heavy (non-hydrogen) atoms. The number of alkyl halides is 3. The van der Waals surface area contributed by atoms with Crippen LogP contribution >= 0.6 is 11.3 Å². The summed E-state index contributed by atoms with van der Waals surface area (Å²) >= 11 is 1.12. The van der Waals surface area contributed by atoms with Gasteiger partial charge in [-0.25, -0.2) is 8.42 Å². The molecule has 1 saturated heterocycles. The molecule has 0 saturated carbocycles. The number of halogens is 3. The minimum Gasteiger partial charge on any atom is -0.326 e. The predicted octanol–water partition coefficient (Wildman–Crippen LogP) is 3.81. The average Bonchev–Trinajstić information content (AvgIpc) is 3.17. The molecule has 1 N–H and O–H groups in total. The number of benzene rings is 1. The Bertz CT molecular complexity index is 895. The maximum atomic E-state index is 12.6. The van der Waals surface area contributed by atoms with Crippen molar-refractivity contribution in [3.63, 3.8) is 0 Å². The number of carbonyl (C=O) groups is 1. The van der Waals surface area contributed by atoms with Gasteiger partial charge in [-0.2, -0.15) is 17.5 Å². The highest BCUT2D eigenvalue weighted by Crippen LogP contribution is 2.30. The number of nitrogens with zero attached hydrogens (tertiary/aromatic N) is 1. The molecule has 0 radical (unpaired) electrons. The molecule has 5 nitrogen and oxygen atoms in total. The van der Waals surface area contributed by atoms with E-state index in [1.807, 2.05) is 0 Å². The number of amides is 1. The number of nitrogens with one attached hydrogen (secondary N) is 1. The van der Waals surface area contributed by atoms with Gasteiger partial charge in [-0.15, -0.1) is 11.3 Å². The van der Waals surface area contributed by atoms with Crippen molar-refractivity contribution in [3.05, 3.63) is 47.3 Å². The first-order valence-electron chi connectivity index (χ1n) is 8.20. The maximum absolute atomic E-state index is 12.6. The highest BCUT2D eigenvalue weighted by molar-refractivity contribution is 7.91. The Morgan fingerprint density at radius 3 is 2.48 bits per heavy atom. The Balaban J connectivity index is 1.67. The summed E-state index contributed by atoms with van der Waals surface area (Å²) in [5.41, 5.74) is -0.558. The summed E-state index contributed by atoms with van der Waals surface area (Å²) in [6.07, 6.45) is -3.39. The van der Waals surface area contributed by atoms with E-state index in [0.717, 1.165) is 23.5 Å². The van der Waals surface area contributed by atoms with E-state index in [-0.39, 0.29) is 16.4 Å². The smallest absolute Gasteiger partial charge is 0.326 e. The Morgan fingerprint density at radius 2 is 1.89 bits per heavy atom. The zero-order valence-electron chi connectivity index (χ0n) is 14.1. The van der Waals surface area contributed by atoms with Crippen LogP contribution in [0.3, 0.4) is 0 Å². The third-order valence-electron chi connectivity index (χ3n) is 4.32. The van der Waals surface area contributed by atoms with Crippen molar-refractivity contribution in [2.24, 2.45) is 5.92 Å². The summed E-state index contributed by atoms with van der Waals surface area (Å²) in [4.78, 5) is 12.5. The van der Waals surface area contributed by atoms with Crippen LogP contribution in [-0.4, -0.2) is 31.7 Å². The van der Waals surface area contributed by atoms with Crippen LogP contribution in [0.2, 0.25) is 0 Å². The van der Waals surface area contributed by atoms with Crippen molar-refractivity contribution in [2.45, 2.75) is 23.2 Å². The first kappa shape index (κ1) is 19.8. The number of anilines is 1. The van der Waals surface area contributed by atoms with Gasteiger partial charge in [-0.3, -0.25) is 4.79 Å². The molecule has 1 fully saturated rings. The second-order valence-corrected chi connectivity index (χ2v) is 9.31. The molecule has 1 aliphatic heterocycles. The molecule has 2 heterocycles. The summed E-state index contributed by atoms with van der Waals surface area (Å²) in [5, 5.41) is 4.24. The van der Waals surface area contributed by atoms with Crippen molar-refractivity contribution in [3.8, 4) is 0 Å². The van der Waals surface area contributed by atoms with Crippen LogP contribution in [0.25, 0.3) is 0 Å². The van der Waals surface area contributed by atoms with Gasteiger partial charge in [0.05, 0.1) is 11.5 Å². The fourth-order valence-electron chi connectivity index (χ4n) is 2.90. The highest BCUT2D eigenvalue weighted by Gasteiger charge is 2.34. The van der Waals surface area contributed by atoms with Gasteiger partial charge in [0.1, 0.15) is 4.21 Å². The summed E-state index contributed by atoms with van der Waals surface area (Å²) in [7, 11) is -3.63. The zero-order valence-corrected chi connectivity index (χ0v) is 15.7. The number of piperidine rings is 1. The minimum atomic E-state index is -4.44. The Kier molecular flexibility index (Phi) is 5.59. The highest BCUT2D eigenvalue weighted by atomic mass is 32.2. The molecule has 2 aromatic rings. The van der Waals surface area contributed by atoms with Crippen LogP contribution in [0.15, 0.2) is 46.0 Å². The number of rotatable bonds is 4. The van der Waals surface area contributed by atoms with Crippen LogP contribution in [0, 0.1) is 5.92 Å². The second kappa shape index (κ2) is 7.61. The molecule has 10 heteroatoms.